The zero-order chi connectivity index (χ0) is 15.2. The van der Waals surface area contributed by atoms with Crippen molar-refractivity contribution in [2.75, 3.05) is 6.54 Å². The number of aromatic nitrogens is 4. The molecule has 2 heterocycles. The van der Waals surface area contributed by atoms with Gasteiger partial charge in [-0.15, -0.1) is 0 Å². The molecule has 0 aliphatic carbocycles. The number of hydrogen-bond donors (Lipinski definition) is 2. The molecule has 6 nitrogen and oxygen atoms in total. The van der Waals surface area contributed by atoms with Crippen molar-refractivity contribution in [1.82, 2.24) is 25.1 Å². The van der Waals surface area contributed by atoms with Gasteiger partial charge in [0.1, 0.15) is 5.82 Å². The molecule has 2 rings (SSSR count). The minimum absolute atomic E-state index is 0.0945. The Labute approximate surface area is 125 Å². The van der Waals surface area contributed by atoms with E-state index in [1.165, 1.54) is 5.56 Å². The number of aryl methyl sites for hydroxylation is 3. The summed E-state index contributed by atoms with van der Waals surface area (Å²) >= 11 is 0. The number of nitrogens with one attached hydrogen (secondary N) is 2. The van der Waals surface area contributed by atoms with E-state index in [0.29, 0.717) is 13.0 Å². The van der Waals surface area contributed by atoms with Crippen LogP contribution < -0.4 is 5.32 Å². The van der Waals surface area contributed by atoms with Crippen LogP contribution >= 0.6 is 0 Å². The molecule has 0 radical (unpaired) electrons. The Morgan fingerprint density at radius 1 is 1.38 bits per heavy atom. The van der Waals surface area contributed by atoms with Crippen LogP contribution in [-0.2, 0) is 24.7 Å². The molecule has 2 N–H and O–H groups in total. The molecule has 2 aromatic rings. The molecule has 114 valence electrons. The molecule has 0 unspecified atom stereocenters. The minimum Gasteiger partial charge on any atom is -0.356 e. The molecule has 0 saturated heterocycles. The van der Waals surface area contributed by atoms with Crippen molar-refractivity contribution in [2.24, 2.45) is 7.05 Å². The molecule has 0 atom stereocenters. The normalized spacial score (nSPS) is 10.8. The lowest BCUT2D eigenvalue weighted by molar-refractivity contribution is -0.121. The topological polar surface area (TPSA) is 75.6 Å². The highest BCUT2D eigenvalue weighted by Crippen LogP contribution is 2.13. The fourth-order valence-corrected chi connectivity index (χ4v) is 2.42. The highest BCUT2D eigenvalue weighted by atomic mass is 16.1. The summed E-state index contributed by atoms with van der Waals surface area (Å²) in [6, 6.07) is 0. The molecule has 0 fully saturated rings. The highest BCUT2D eigenvalue weighted by molar-refractivity contribution is 5.76. The molecule has 2 aromatic heterocycles. The van der Waals surface area contributed by atoms with Crippen LogP contribution in [0, 0.1) is 13.8 Å². The molecular formula is C15H23N5O. The molecule has 0 bridgehead atoms. The Bertz CT molecular complexity index is 585. The van der Waals surface area contributed by atoms with Gasteiger partial charge in [0.2, 0.25) is 5.91 Å². The Hall–Kier alpha value is -2.11. The summed E-state index contributed by atoms with van der Waals surface area (Å²) in [7, 11) is 1.93. The Balaban J connectivity index is 1.67. The van der Waals surface area contributed by atoms with Crippen molar-refractivity contribution in [3.8, 4) is 0 Å². The van der Waals surface area contributed by atoms with Gasteiger partial charge < -0.3 is 10.3 Å². The SMILES string of the molecule is Cc1nn(C)c(C)c1CCC(=O)NCCCc1ncc[nH]1. The maximum absolute atomic E-state index is 11.8. The molecule has 6 heteroatoms. The number of H-pyrrole nitrogens is 1. The van der Waals surface area contributed by atoms with Crippen molar-refractivity contribution in [1.29, 1.82) is 0 Å². The molecule has 0 aliphatic rings. The summed E-state index contributed by atoms with van der Waals surface area (Å²) in [4.78, 5) is 19.1. The number of nitrogens with zero attached hydrogens (tertiary/aromatic N) is 3. The van der Waals surface area contributed by atoms with Gasteiger partial charge in [0, 0.05) is 44.5 Å². The second-order valence-electron chi connectivity index (χ2n) is 5.26. The van der Waals surface area contributed by atoms with Gasteiger partial charge in [-0.05, 0) is 32.3 Å². The summed E-state index contributed by atoms with van der Waals surface area (Å²) in [6.07, 6.45) is 6.56. The summed E-state index contributed by atoms with van der Waals surface area (Å²) in [5.74, 6) is 1.06. The van der Waals surface area contributed by atoms with Crippen LogP contribution in [0.25, 0.3) is 0 Å². The number of imidazole rings is 1. The van der Waals surface area contributed by atoms with Gasteiger partial charge in [0.25, 0.3) is 0 Å². The molecule has 21 heavy (non-hydrogen) atoms. The van der Waals surface area contributed by atoms with Crippen LogP contribution in [0.5, 0.6) is 0 Å². The average molecular weight is 289 g/mol. The Morgan fingerprint density at radius 2 is 2.19 bits per heavy atom. The quantitative estimate of drug-likeness (QED) is 0.757. The minimum atomic E-state index is 0.0945. The number of rotatable bonds is 7. The lowest BCUT2D eigenvalue weighted by atomic mass is 10.1. The maximum atomic E-state index is 11.8. The summed E-state index contributed by atoms with van der Waals surface area (Å²) in [6.45, 7) is 4.71. The van der Waals surface area contributed by atoms with E-state index in [-0.39, 0.29) is 5.91 Å². The third-order valence-corrected chi connectivity index (χ3v) is 3.73. The average Bonchev–Trinajstić information content (AvgIpc) is 3.03. The Kier molecular flexibility index (Phi) is 5.14. The van der Waals surface area contributed by atoms with Gasteiger partial charge in [0.15, 0.2) is 0 Å². The van der Waals surface area contributed by atoms with Crippen LogP contribution in [0.15, 0.2) is 12.4 Å². The largest absolute Gasteiger partial charge is 0.356 e. The van der Waals surface area contributed by atoms with Crippen LogP contribution in [0.1, 0.15) is 35.6 Å². The van der Waals surface area contributed by atoms with Crippen molar-refractivity contribution in [2.45, 2.75) is 39.5 Å². The van der Waals surface area contributed by atoms with Gasteiger partial charge in [-0.2, -0.15) is 5.10 Å². The fraction of sp³-hybridized carbons (Fsp3) is 0.533. The van der Waals surface area contributed by atoms with Gasteiger partial charge >= 0.3 is 0 Å². The van der Waals surface area contributed by atoms with Crippen molar-refractivity contribution < 1.29 is 4.79 Å². The van der Waals surface area contributed by atoms with Crippen LogP contribution in [0.3, 0.4) is 0 Å². The van der Waals surface area contributed by atoms with E-state index >= 15 is 0 Å². The standard InChI is InChI=1S/C15H23N5O/c1-11-13(12(2)20(3)19-11)6-7-15(21)18-8-4-5-14-16-9-10-17-14/h9-10H,4-8H2,1-3H3,(H,16,17)(H,18,21). The Morgan fingerprint density at radius 3 is 2.81 bits per heavy atom. The van der Waals surface area contributed by atoms with E-state index in [9.17, 15) is 4.79 Å². The number of aromatic amines is 1. The van der Waals surface area contributed by atoms with E-state index in [2.05, 4.69) is 20.4 Å². The van der Waals surface area contributed by atoms with Crippen molar-refractivity contribution in [3.05, 3.63) is 35.2 Å². The summed E-state index contributed by atoms with van der Waals surface area (Å²) < 4.78 is 1.87. The number of carbonyl (C=O) groups excluding carboxylic acids is 1. The zero-order valence-electron chi connectivity index (χ0n) is 12.9. The second-order valence-corrected chi connectivity index (χ2v) is 5.26. The number of hydrogen-bond acceptors (Lipinski definition) is 3. The summed E-state index contributed by atoms with van der Waals surface area (Å²) in [5, 5.41) is 7.32. The molecule has 1 amide bonds. The van der Waals surface area contributed by atoms with Gasteiger partial charge in [-0.25, -0.2) is 4.98 Å². The number of amides is 1. The van der Waals surface area contributed by atoms with E-state index < -0.39 is 0 Å². The van der Waals surface area contributed by atoms with Gasteiger partial charge in [-0.3, -0.25) is 9.48 Å². The van der Waals surface area contributed by atoms with Crippen LogP contribution in [-0.4, -0.2) is 32.2 Å². The molecular weight excluding hydrogens is 266 g/mol. The first-order valence-electron chi connectivity index (χ1n) is 7.32. The first kappa shape index (κ1) is 15.3. The predicted molar refractivity (Wildman–Crippen MR) is 80.9 cm³/mol. The van der Waals surface area contributed by atoms with Gasteiger partial charge in [-0.1, -0.05) is 0 Å². The maximum Gasteiger partial charge on any atom is 0.220 e. The molecule has 0 saturated carbocycles. The monoisotopic (exact) mass is 289 g/mol. The molecule has 0 spiro atoms. The fourth-order valence-electron chi connectivity index (χ4n) is 2.42. The van der Waals surface area contributed by atoms with Gasteiger partial charge in [0.05, 0.1) is 5.69 Å². The van der Waals surface area contributed by atoms with Crippen LogP contribution in [0.2, 0.25) is 0 Å². The first-order valence-corrected chi connectivity index (χ1v) is 7.32. The second kappa shape index (κ2) is 7.06. The van der Waals surface area contributed by atoms with E-state index in [4.69, 9.17) is 0 Å². The molecule has 0 aromatic carbocycles. The summed E-state index contributed by atoms with van der Waals surface area (Å²) in [5.41, 5.74) is 3.34. The lowest BCUT2D eigenvalue weighted by Crippen LogP contribution is -2.25. The lowest BCUT2D eigenvalue weighted by Gasteiger charge is -2.05. The highest BCUT2D eigenvalue weighted by Gasteiger charge is 2.11. The van der Waals surface area contributed by atoms with E-state index in [0.717, 1.165) is 36.5 Å². The van der Waals surface area contributed by atoms with Crippen molar-refractivity contribution >= 4 is 5.91 Å². The smallest absolute Gasteiger partial charge is 0.220 e. The zero-order valence-corrected chi connectivity index (χ0v) is 12.9. The third-order valence-electron chi connectivity index (χ3n) is 3.73. The predicted octanol–water partition coefficient (Wildman–Crippen LogP) is 1.44. The van der Waals surface area contributed by atoms with E-state index in [1.807, 2.05) is 31.8 Å². The van der Waals surface area contributed by atoms with Crippen molar-refractivity contribution in [3.63, 3.8) is 0 Å². The van der Waals surface area contributed by atoms with Crippen LogP contribution in [0.4, 0.5) is 0 Å². The number of carbonyl (C=O) groups is 1. The third kappa shape index (κ3) is 4.18. The molecule has 0 aliphatic heterocycles. The first-order chi connectivity index (χ1) is 10.1. The van der Waals surface area contributed by atoms with E-state index in [1.54, 1.807) is 6.20 Å².